The molecule has 0 unspecified atom stereocenters. The number of aromatic nitrogens is 3. The van der Waals surface area contributed by atoms with Gasteiger partial charge in [-0.1, -0.05) is 35.9 Å². The van der Waals surface area contributed by atoms with E-state index in [9.17, 15) is 18.0 Å². The minimum Gasteiger partial charge on any atom is -0.482 e. The van der Waals surface area contributed by atoms with Gasteiger partial charge in [0.05, 0.1) is 5.69 Å². The number of nitrogens with zero attached hydrogens (tertiary/aromatic N) is 2. The van der Waals surface area contributed by atoms with Gasteiger partial charge in [0, 0.05) is 18.5 Å². The van der Waals surface area contributed by atoms with Crippen molar-refractivity contribution < 1.29 is 22.7 Å². The number of rotatable bonds is 7. The van der Waals surface area contributed by atoms with Crippen LogP contribution in [0.5, 0.6) is 5.75 Å². The van der Waals surface area contributed by atoms with Crippen molar-refractivity contribution in [1.29, 1.82) is 0 Å². The smallest absolute Gasteiger partial charge is 0.422 e. The molecule has 1 amide bonds. The molecule has 0 saturated heterocycles. The summed E-state index contributed by atoms with van der Waals surface area (Å²) in [7, 11) is 0. The molecule has 0 bridgehead atoms. The highest BCUT2D eigenvalue weighted by atomic mass is 32.1. The van der Waals surface area contributed by atoms with Crippen molar-refractivity contribution in [2.45, 2.75) is 26.1 Å². The highest BCUT2D eigenvalue weighted by Gasteiger charge is 2.28. The summed E-state index contributed by atoms with van der Waals surface area (Å²) in [6, 6.07) is 13.7. The van der Waals surface area contributed by atoms with E-state index < -0.39 is 18.7 Å². The Morgan fingerprint density at radius 2 is 2.00 bits per heavy atom. The molecular weight excluding hydrogens is 417 g/mol. The molecule has 2 aromatic carbocycles. The van der Waals surface area contributed by atoms with E-state index in [-0.39, 0.29) is 24.4 Å². The highest BCUT2D eigenvalue weighted by Crippen LogP contribution is 2.26. The standard InChI is InChI=1S/C20H19F3N4O2S/c1-13-5-4-6-14(11-13)18-25-26-19(30)27(18)10-9-17(28)24-15-7-2-3-8-16(15)29-12-20(21,22)23/h2-8,11H,9-10,12H2,1H3,(H,24,28)(H,26,30). The van der Waals surface area contributed by atoms with Gasteiger partial charge in [-0.15, -0.1) is 0 Å². The number of anilines is 1. The lowest BCUT2D eigenvalue weighted by molar-refractivity contribution is -0.153. The predicted molar refractivity (Wildman–Crippen MR) is 109 cm³/mol. The van der Waals surface area contributed by atoms with Crippen LogP contribution in [0.25, 0.3) is 11.4 Å². The number of amides is 1. The van der Waals surface area contributed by atoms with E-state index in [0.29, 0.717) is 10.6 Å². The van der Waals surface area contributed by atoms with Crippen LogP contribution in [0.3, 0.4) is 0 Å². The second-order valence-corrected chi connectivity index (χ2v) is 6.96. The maximum absolute atomic E-state index is 12.4. The van der Waals surface area contributed by atoms with E-state index in [0.717, 1.165) is 11.1 Å². The average molecular weight is 436 g/mol. The van der Waals surface area contributed by atoms with Gasteiger partial charge in [-0.25, -0.2) is 0 Å². The number of H-pyrrole nitrogens is 1. The second-order valence-electron chi connectivity index (χ2n) is 6.57. The molecule has 0 saturated carbocycles. The van der Waals surface area contributed by atoms with E-state index in [1.165, 1.54) is 18.2 Å². The lowest BCUT2D eigenvalue weighted by Crippen LogP contribution is -2.20. The summed E-state index contributed by atoms with van der Waals surface area (Å²) in [6.45, 7) is 0.765. The molecule has 6 nitrogen and oxygen atoms in total. The lowest BCUT2D eigenvalue weighted by atomic mass is 10.1. The number of ether oxygens (including phenoxy) is 1. The molecule has 0 fully saturated rings. The maximum atomic E-state index is 12.4. The third kappa shape index (κ3) is 5.69. The third-order valence-corrected chi connectivity index (χ3v) is 4.46. The minimum absolute atomic E-state index is 0.0419. The van der Waals surface area contributed by atoms with Crippen molar-refractivity contribution in [3.8, 4) is 17.1 Å². The zero-order valence-corrected chi connectivity index (χ0v) is 16.8. The summed E-state index contributed by atoms with van der Waals surface area (Å²) in [6.07, 6.45) is -4.43. The number of aromatic amines is 1. The molecule has 0 radical (unpaired) electrons. The second kappa shape index (κ2) is 9.12. The first-order chi connectivity index (χ1) is 14.2. The van der Waals surface area contributed by atoms with Gasteiger partial charge in [-0.05, 0) is 37.3 Å². The maximum Gasteiger partial charge on any atom is 0.422 e. The molecule has 3 rings (SSSR count). The number of para-hydroxylation sites is 2. The van der Waals surface area contributed by atoms with E-state index in [4.69, 9.17) is 17.0 Å². The van der Waals surface area contributed by atoms with Crippen molar-refractivity contribution in [3.05, 3.63) is 58.9 Å². The van der Waals surface area contributed by atoms with Gasteiger partial charge in [0.1, 0.15) is 5.75 Å². The van der Waals surface area contributed by atoms with Crippen LogP contribution in [0.15, 0.2) is 48.5 Å². The first-order valence-corrected chi connectivity index (χ1v) is 9.44. The average Bonchev–Trinajstić information content (AvgIpc) is 3.05. The van der Waals surface area contributed by atoms with Crippen molar-refractivity contribution in [2.24, 2.45) is 0 Å². The molecule has 0 aliphatic rings. The Bertz CT molecular complexity index is 1090. The highest BCUT2D eigenvalue weighted by molar-refractivity contribution is 7.71. The molecular formula is C20H19F3N4O2S. The summed E-state index contributed by atoms with van der Waals surface area (Å²) in [5.74, 6) is 0.158. The number of nitrogens with one attached hydrogen (secondary N) is 2. The van der Waals surface area contributed by atoms with Crippen LogP contribution >= 0.6 is 12.2 Å². The van der Waals surface area contributed by atoms with Gasteiger partial charge < -0.3 is 10.1 Å². The third-order valence-electron chi connectivity index (χ3n) is 4.15. The molecule has 3 aromatic rings. The number of halogens is 3. The molecule has 1 aromatic heterocycles. The normalized spacial score (nSPS) is 11.3. The largest absolute Gasteiger partial charge is 0.482 e. The molecule has 10 heteroatoms. The number of carbonyl (C=O) groups is 1. The predicted octanol–water partition coefficient (Wildman–Crippen LogP) is 4.89. The Hall–Kier alpha value is -3.14. The fourth-order valence-corrected chi connectivity index (χ4v) is 3.03. The number of benzene rings is 2. The SMILES string of the molecule is Cc1cccc(-c2n[nH]c(=S)n2CCC(=O)Nc2ccccc2OCC(F)(F)F)c1. The molecule has 0 spiro atoms. The molecule has 0 aliphatic carbocycles. The number of carbonyl (C=O) groups excluding carboxylic acids is 1. The van der Waals surface area contributed by atoms with Crippen molar-refractivity contribution in [3.63, 3.8) is 0 Å². The van der Waals surface area contributed by atoms with Crippen molar-refractivity contribution in [2.75, 3.05) is 11.9 Å². The van der Waals surface area contributed by atoms with Gasteiger partial charge in [0.15, 0.2) is 17.2 Å². The number of hydrogen-bond donors (Lipinski definition) is 2. The Morgan fingerprint density at radius 3 is 2.73 bits per heavy atom. The van der Waals surface area contributed by atoms with Gasteiger partial charge in [0.2, 0.25) is 5.91 Å². The topological polar surface area (TPSA) is 71.9 Å². The number of aryl methyl sites for hydroxylation is 1. The molecule has 2 N–H and O–H groups in total. The van der Waals surface area contributed by atoms with Crippen LogP contribution in [-0.2, 0) is 11.3 Å². The molecule has 30 heavy (non-hydrogen) atoms. The van der Waals surface area contributed by atoms with Crippen LogP contribution < -0.4 is 10.1 Å². The zero-order chi connectivity index (χ0) is 21.7. The van der Waals surface area contributed by atoms with Crippen LogP contribution in [0.1, 0.15) is 12.0 Å². The van der Waals surface area contributed by atoms with E-state index in [2.05, 4.69) is 15.5 Å². The fourth-order valence-electron chi connectivity index (χ4n) is 2.81. The van der Waals surface area contributed by atoms with E-state index in [1.54, 1.807) is 10.6 Å². The Morgan fingerprint density at radius 1 is 1.23 bits per heavy atom. The van der Waals surface area contributed by atoms with Gasteiger partial charge in [-0.3, -0.25) is 14.5 Å². The molecule has 0 aliphatic heterocycles. The van der Waals surface area contributed by atoms with E-state index in [1.807, 2.05) is 31.2 Å². The first-order valence-electron chi connectivity index (χ1n) is 9.03. The molecule has 0 atom stereocenters. The summed E-state index contributed by atoms with van der Waals surface area (Å²) in [4.78, 5) is 12.4. The van der Waals surface area contributed by atoms with E-state index >= 15 is 0 Å². The minimum atomic E-state index is -4.47. The lowest BCUT2D eigenvalue weighted by Gasteiger charge is -2.14. The van der Waals surface area contributed by atoms with Gasteiger partial charge >= 0.3 is 6.18 Å². The van der Waals surface area contributed by atoms with Crippen LogP contribution in [0.2, 0.25) is 0 Å². The number of hydrogen-bond acceptors (Lipinski definition) is 4. The van der Waals surface area contributed by atoms with Crippen LogP contribution in [0.4, 0.5) is 18.9 Å². The fraction of sp³-hybridized carbons (Fsp3) is 0.250. The van der Waals surface area contributed by atoms with Gasteiger partial charge in [-0.2, -0.15) is 18.3 Å². The molecule has 1 heterocycles. The summed E-state index contributed by atoms with van der Waals surface area (Å²) < 4.78 is 44.1. The van der Waals surface area contributed by atoms with Crippen LogP contribution in [-0.4, -0.2) is 33.5 Å². The molecule has 158 valence electrons. The number of alkyl halides is 3. The summed E-state index contributed by atoms with van der Waals surface area (Å²) >= 11 is 5.26. The van der Waals surface area contributed by atoms with Gasteiger partial charge in [0.25, 0.3) is 0 Å². The summed E-state index contributed by atoms with van der Waals surface area (Å²) in [5, 5.41) is 9.55. The van der Waals surface area contributed by atoms with Crippen molar-refractivity contribution >= 4 is 23.8 Å². The zero-order valence-electron chi connectivity index (χ0n) is 16.0. The Balaban J connectivity index is 1.68. The first kappa shape index (κ1) is 21.6. The van der Waals surface area contributed by atoms with Crippen molar-refractivity contribution in [1.82, 2.24) is 14.8 Å². The van der Waals surface area contributed by atoms with Crippen LogP contribution in [0, 0.1) is 11.7 Å². The monoisotopic (exact) mass is 436 g/mol. The Kier molecular flexibility index (Phi) is 6.56. The summed E-state index contributed by atoms with van der Waals surface area (Å²) in [5.41, 5.74) is 2.08. The quantitative estimate of drug-likeness (QED) is 0.518. The Labute approximate surface area is 175 Å².